The molecule has 1 aromatic carbocycles. The van der Waals surface area contributed by atoms with Crippen LogP contribution >= 0.6 is 27.5 Å². The van der Waals surface area contributed by atoms with Crippen LogP contribution < -0.4 is 5.32 Å². The minimum absolute atomic E-state index is 0.194. The Morgan fingerprint density at radius 2 is 1.89 bits per heavy atom. The fraction of sp³-hybridized carbons (Fsp3) is 0.538. The van der Waals surface area contributed by atoms with Crippen LogP contribution in [0.3, 0.4) is 0 Å². The monoisotopic (exact) mass is 355 g/mol. The average molecular weight is 357 g/mol. The zero-order valence-electron chi connectivity index (χ0n) is 10.1. The number of nitrogens with one attached hydrogen (secondary N) is 1. The normalized spacial score (nSPS) is 24.3. The lowest BCUT2D eigenvalue weighted by Gasteiger charge is -2.34. The Labute approximate surface area is 123 Å². The largest absolute Gasteiger partial charge is 0.393 e. The highest BCUT2D eigenvalue weighted by molar-refractivity contribution is 9.10. The molecule has 0 heterocycles. The van der Waals surface area contributed by atoms with Crippen LogP contribution in [0.25, 0.3) is 0 Å². The molecule has 0 aliphatic heterocycles. The van der Waals surface area contributed by atoms with Gasteiger partial charge in [0.25, 0.3) is 0 Å². The summed E-state index contributed by atoms with van der Waals surface area (Å²) in [6, 6.07) is 4.57. The van der Waals surface area contributed by atoms with Crippen LogP contribution in [0, 0.1) is 5.92 Å². The molecule has 0 saturated heterocycles. The molecule has 0 aromatic heterocycles. The van der Waals surface area contributed by atoms with Crippen LogP contribution in [0.2, 0.25) is 5.02 Å². The van der Waals surface area contributed by atoms with Gasteiger partial charge in [-0.15, -0.1) is 0 Å². The molecule has 0 bridgehead atoms. The number of rotatable bonds is 2. The van der Waals surface area contributed by atoms with Crippen LogP contribution in [-0.2, 0) is 0 Å². The van der Waals surface area contributed by atoms with Crippen molar-refractivity contribution in [2.24, 2.45) is 5.92 Å². The lowest BCUT2D eigenvalue weighted by Crippen LogP contribution is -2.41. The van der Waals surface area contributed by atoms with Gasteiger partial charge in [-0.1, -0.05) is 30.5 Å². The summed E-state index contributed by atoms with van der Waals surface area (Å²) in [4.78, 5) is 0. The lowest BCUT2D eigenvalue weighted by molar-refractivity contribution is -0.184. The smallest absolute Gasteiger partial charge is 0.381 e. The van der Waals surface area contributed by atoms with Crippen molar-refractivity contribution in [3.05, 3.63) is 27.7 Å². The number of halogens is 5. The third-order valence-electron chi connectivity index (χ3n) is 3.48. The Morgan fingerprint density at radius 3 is 2.58 bits per heavy atom. The third kappa shape index (κ3) is 3.57. The number of hydrogen-bond donors (Lipinski definition) is 1. The quantitative estimate of drug-likeness (QED) is 0.723. The molecule has 0 radical (unpaired) electrons. The molecule has 1 aliphatic rings. The van der Waals surface area contributed by atoms with E-state index in [-0.39, 0.29) is 6.42 Å². The summed E-state index contributed by atoms with van der Waals surface area (Å²) >= 11 is 9.25. The van der Waals surface area contributed by atoms with E-state index in [4.69, 9.17) is 11.6 Å². The molecule has 1 fully saturated rings. The standard InChI is InChI=1S/C13H14BrClF3N/c14-12-9(15)5-3-7-11(12)19-10-6-2-1-4-8(10)13(16,17)18/h3,5,7-8,10,19H,1-2,4,6H2. The predicted molar refractivity (Wildman–Crippen MR) is 74.6 cm³/mol. The molecule has 1 nitrogen and oxygen atoms in total. The highest BCUT2D eigenvalue weighted by atomic mass is 79.9. The van der Waals surface area contributed by atoms with Crippen molar-refractivity contribution in [1.29, 1.82) is 0 Å². The summed E-state index contributed by atoms with van der Waals surface area (Å²) in [5, 5.41) is 3.49. The first kappa shape index (κ1) is 15.0. The molecule has 19 heavy (non-hydrogen) atoms. The molecular formula is C13H14BrClF3N. The fourth-order valence-electron chi connectivity index (χ4n) is 2.51. The van der Waals surface area contributed by atoms with E-state index in [1.165, 1.54) is 0 Å². The maximum absolute atomic E-state index is 13.0. The van der Waals surface area contributed by atoms with Crippen molar-refractivity contribution < 1.29 is 13.2 Å². The molecule has 2 unspecified atom stereocenters. The molecule has 106 valence electrons. The highest BCUT2D eigenvalue weighted by Crippen LogP contribution is 2.40. The van der Waals surface area contributed by atoms with Crippen molar-refractivity contribution in [2.45, 2.75) is 37.9 Å². The van der Waals surface area contributed by atoms with Crippen LogP contribution in [0.15, 0.2) is 22.7 Å². The molecule has 2 atom stereocenters. The van der Waals surface area contributed by atoms with Crippen molar-refractivity contribution in [3.8, 4) is 0 Å². The summed E-state index contributed by atoms with van der Waals surface area (Å²) < 4.78 is 39.6. The van der Waals surface area contributed by atoms with Gasteiger partial charge >= 0.3 is 6.18 Å². The minimum atomic E-state index is -4.15. The lowest BCUT2D eigenvalue weighted by atomic mass is 9.84. The van der Waals surface area contributed by atoms with E-state index in [2.05, 4.69) is 21.2 Å². The molecule has 1 aromatic rings. The van der Waals surface area contributed by atoms with E-state index in [0.717, 1.165) is 6.42 Å². The molecule has 1 aliphatic carbocycles. The van der Waals surface area contributed by atoms with Crippen LogP contribution in [0.4, 0.5) is 18.9 Å². The molecular weight excluding hydrogens is 343 g/mol. The first-order valence-corrected chi connectivity index (χ1v) is 7.34. The maximum atomic E-state index is 13.0. The molecule has 6 heteroatoms. The minimum Gasteiger partial charge on any atom is -0.381 e. The second-order valence-electron chi connectivity index (χ2n) is 4.78. The topological polar surface area (TPSA) is 12.0 Å². The Morgan fingerprint density at radius 1 is 1.21 bits per heavy atom. The van der Waals surface area contributed by atoms with Gasteiger partial charge in [0.1, 0.15) is 0 Å². The molecule has 0 amide bonds. The van der Waals surface area contributed by atoms with Gasteiger partial charge in [0, 0.05) is 6.04 Å². The fourth-order valence-corrected chi connectivity index (χ4v) is 3.06. The third-order valence-corrected chi connectivity index (χ3v) is 4.88. The first-order valence-electron chi connectivity index (χ1n) is 6.17. The van der Waals surface area contributed by atoms with Crippen molar-refractivity contribution >= 4 is 33.2 Å². The Kier molecular flexibility index (Phi) is 4.66. The van der Waals surface area contributed by atoms with Crippen LogP contribution in [0.5, 0.6) is 0 Å². The first-order chi connectivity index (χ1) is 8.89. The van der Waals surface area contributed by atoms with Gasteiger partial charge in [-0.3, -0.25) is 0 Å². The Bertz CT molecular complexity index is 450. The average Bonchev–Trinajstić information content (AvgIpc) is 2.34. The Hall–Kier alpha value is -0.420. The highest BCUT2D eigenvalue weighted by Gasteiger charge is 2.45. The maximum Gasteiger partial charge on any atom is 0.393 e. The molecule has 0 spiro atoms. The molecule has 2 rings (SSSR count). The van der Waals surface area contributed by atoms with Gasteiger partial charge in [0.05, 0.1) is 21.1 Å². The van der Waals surface area contributed by atoms with Gasteiger partial charge < -0.3 is 5.32 Å². The van der Waals surface area contributed by atoms with Gasteiger partial charge in [-0.05, 0) is 40.9 Å². The van der Waals surface area contributed by atoms with Gasteiger partial charge in [0.15, 0.2) is 0 Å². The Balaban J connectivity index is 2.18. The predicted octanol–water partition coefficient (Wildman–Crippen LogP) is 5.64. The van der Waals surface area contributed by atoms with E-state index in [1.54, 1.807) is 18.2 Å². The molecule has 1 saturated carbocycles. The zero-order chi connectivity index (χ0) is 14.0. The number of hydrogen-bond acceptors (Lipinski definition) is 1. The van der Waals surface area contributed by atoms with Crippen molar-refractivity contribution in [2.75, 3.05) is 5.32 Å². The summed E-state index contributed by atoms with van der Waals surface area (Å²) in [5.41, 5.74) is 0.619. The number of benzene rings is 1. The van der Waals surface area contributed by atoms with Gasteiger partial charge in [-0.2, -0.15) is 13.2 Å². The van der Waals surface area contributed by atoms with E-state index in [0.29, 0.717) is 28.0 Å². The summed E-state index contributed by atoms with van der Waals surface area (Å²) in [5.74, 6) is -1.29. The molecule has 1 N–H and O–H groups in total. The second-order valence-corrected chi connectivity index (χ2v) is 5.98. The summed E-state index contributed by atoms with van der Waals surface area (Å²) in [6.45, 7) is 0. The van der Waals surface area contributed by atoms with Gasteiger partial charge in [0.2, 0.25) is 0 Å². The van der Waals surface area contributed by atoms with E-state index in [9.17, 15) is 13.2 Å². The SMILES string of the molecule is FC(F)(F)C1CCCCC1Nc1cccc(Cl)c1Br. The van der Waals surface area contributed by atoms with Crippen LogP contribution in [-0.4, -0.2) is 12.2 Å². The van der Waals surface area contributed by atoms with E-state index < -0.39 is 18.1 Å². The number of anilines is 1. The van der Waals surface area contributed by atoms with Gasteiger partial charge in [-0.25, -0.2) is 0 Å². The summed E-state index contributed by atoms with van der Waals surface area (Å²) in [6.07, 6.45) is -1.97. The second kappa shape index (κ2) is 5.92. The van der Waals surface area contributed by atoms with Crippen LogP contribution in [0.1, 0.15) is 25.7 Å². The van der Waals surface area contributed by atoms with Crippen molar-refractivity contribution in [3.63, 3.8) is 0 Å². The van der Waals surface area contributed by atoms with E-state index in [1.807, 2.05) is 0 Å². The summed E-state index contributed by atoms with van der Waals surface area (Å²) in [7, 11) is 0. The van der Waals surface area contributed by atoms with E-state index >= 15 is 0 Å². The van der Waals surface area contributed by atoms with Crippen molar-refractivity contribution in [1.82, 2.24) is 0 Å². The zero-order valence-corrected chi connectivity index (χ0v) is 12.4. The number of alkyl halides is 3.